The molecule has 4 rings (SSSR count). The number of alkyl halides is 3. The van der Waals surface area contributed by atoms with Crippen molar-refractivity contribution in [1.82, 2.24) is 14.7 Å². The van der Waals surface area contributed by atoms with Gasteiger partial charge in [0.05, 0.1) is 11.0 Å². The molecule has 0 aromatic heterocycles. The van der Waals surface area contributed by atoms with Crippen molar-refractivity contribution in [2.24, 2.45) is 11.3 Å². The quantitative estimate of drug-likeness (QED) is 0.611. The summed E-state index contributed by atoms with van der Waals surface area (Å²) in [6.07, 6.45) is -2.54. The number of carbonyl (C=O) groups is 2. The lowest BCUT2D eigenvalue weighted by Crippen LogP contribution is -2.56. The number of amides is 2. The van der Waals surface area contributed by atoms with Crippen molar-refractivity contribution in [3.63, 3.8) is 0 Å². The highest BCUT2D eigenvalue weighted by Gasteiger charge is 2.60. The molecular weight excluding hydrogens is 449 g/mol. The third-order valence-corrected chi connectivity index (χ3v) is 7.54. The van der Waals surface area contributed by atoms with Gasteiger partial charge in [0, 0.05) is 37.8 Å². The van der Waals surface area contributed by atoms with Gasteiger partial charge in [0.1, 0.15) is 6.09 Å². The highest BCUT2D eigenvalue weighted by atomic mass is 19.4. The summed E-state index contributed by atoms with van der Waals surface area (Å²) in [6, 6.07) is 3.21. The highest BCUT2D eigenvalue weighted by molar-refractivity contribution is 5.85. The summed E-state index contributed by atoms with van der Waals surface area (Å²) in [5, 5.41) is 21.5. The first-order valence-corrected chi connectivity index (χ1v) is 11.4. The summed E-state index contributed by atoms with van der Waals surface area (Å²) in [6.45, 7) is 6.28. The van der Waals surface area contributed by atoms with Gasteiger partial charge in [-0.05, 0) is 69.2 Å². The Kier molecular flexibility index (Phi) is 5.74. The first-order valence-electron chi connectivity index (χ1n) is 11.4. The van der Waals surface area contributed by atoms with Gasteiger partial charge < -0.3 is 24.6 Å². The van der Waals surface area contributed by atoms with Crippen LogP contribution in [-0.4, -0.2) is 57.9 Å². The third kappa shape index (κ3) is 4.05. The largest absolute Gasteiger partial charge is 0.530 e. The standard InChI is InChI=1S/C24H29F3N4O3/c1-22(2,3)31(21(33)34)19-9-18-12-29(14-28)13-23(18,10-19)20(32)30-7-6-15-4-5-17(24(25,26)27)8-16(15)11-30/h4-5,8,18-19H,6-7,9-13H2,1-3H3,(H,33,34)/p-1/t18-,19+,23-/m0/s1. The van der Waals surface area contributed by atoms with E-state index in [1.54, 1.807) is 25.7 Å². The van der Waals surface area contributed by atoms with Crippen LogP contribution in [0.15, 0.2) is 18.2 Å². The Bertz CT molecular complexity index is 1050. The summed E-state index contributed by atoms with van der Waals surface area (Å²) < 4.78 is 39.7. The van der Waals surface area contributed by atoms with Crippen LogP contribution < -0.4 is 5.11 Å². The molecule has 0 spiro atoms. The molecule has 0 unspecified atom stereocenters. The fourth-order valence-electron chi connectivity index (χ4n) is 6.13. The summed E-state index contributed by atoms with van der Waals surface area (Å²) in [4.78, 5) is 30.3. The van der Waals surface area contributed by atoms with Gasteiger partial charge in [-0.3, -0.25) is 4.79 Å². The lowest BCUT2D eigenvalue weighted by Gasteiger charge is -2.43. The van der Waals surface area contributed by atoms with E-state index in [1.807, 2.05) is 0 Å². The Balaban J connectivity index is 1.63. The summed E-state index contributed by atoms with van der Waals surface area (Å²) in [5.74, 6) is -0.440. The van der Waals surface area contributed by atoms with Crippen molar-refractivity contribution in [2.45, 2.75) is 64.3 Å². The molecule has 2 heterocycles. The maximum Gasteiger partial charge on any atom is 0.416 e. The van der Waals surface area contributed by atoms with Gasteiger partial charge in [-0.2, -0.15) is 18.4 Å². The SMILES string of the molecule is CC(C)(C)N(C(=O)[O-])[C@@H]1C[C@H]2CN(C#N)C[C@@]2(C(=O)N2CCc3ccc(C(F)(F)F)cc3C2)C1. The lowest BCUT2D eigenvalue weighted by molar-refractivity contribution is -0.273. The van der Waals surface area contributed by atoms with Crippen molar-refractivity contribution in [1.29, 1.82) is 5.26 Å². The van der Waals surface area contributed by atoms with Gasteiger partial charge in [-0.1, -0.05) is 6.07 Å². The van der Waals surface area contributed by atoms with Crippen LogP contribution in [0.5, 0.6) is 0 Å². The van der Waals surface area contributed by atoms with Crippen molar-refractivity contribution in [2.75, 3.05) is 19.6 Å². The number of nitriles is 1. The number of hydrogen-bond donors (Lipinski definition) is 0. The smallest absolute Gasteiger partial charge is 0.416 e. The molecule has 0 N–H and O–H groups in total. The molecule has 0 bridgehead atoms. The Morgan fingerprint density at radius 2 is 1.94 bits per heavy atom. The van der Waals surface area contributed by atoms with E-state index < -0.39 is 34.8 Å². The summed E-state index contributed by atoms with van der Waals surface area (Å²) >= 11 is 0. The van der Waals surface area contributed by atoms with E-state index in [4.69, 9.17) is 0 Å². The van der Waals surface area contributed by atoms with Crippen LogP contribution in [0, 0.1) is 22.8 Å². The molecule has 3 atom stereocenters. The van der Waals surface area contributed by atoms with Crippen LogP contribution in [0.3, 0.4) is 0 Å². The van der Waals surface area contributed by atoms with Crippen LogP contribution in [0.2, 0.25) is 0 Å². The van der Waals surface area contributed by atoms with Crippen molar-refractivity contribution >= 4 is 12.0 Å². The molecular formula is C24H28F3N4O3-. The Labute approximate surface area is 196 Å². The van der Waals surface area contributed by atoms with E-state index >= 15 is 0 Å². The zero-order valence-corrected chi connectivity index (χ0v) is 19.5. The topological polar surface area (TPSA) is 90.7 Å². The Morgan fingerprint density at radius 3 is 2.53 bits per heavy atom. The number of carboxylic acid groups (broad SMARTS) is 1. The molecule has 2 fully saturated rings. The molecule has 2 amide bonds. The number of nitrogens with zero attached hydrogens (tertiary/aromatic N) is 4. The van der Waals surface area contributed by atoms with E-state index in [-0.39, 0.29) is 31.3 Å². The van der Waals surface area contributed by atoms with Crippen LogP contribution >= 0.6 is 0 Å². The van der Waals surface area contributed by atoms with Gasteiger partial charge in [0.15, 0.2) is 6.19 Å². The minimum atomic E-state index is -4.47. The number of fused-ring (bicyclic) bond motifs is 2. The number of halogens is 3. The van der Waals surface area contributed by atoms with E-state index in [1.165, 1.54) is 15.9 Å². The summed E-state index contributed by atoms with van der Waals surface area (Å²) in [5.41, 5.74) is -1.17. The molecule has 34 heavy (non-hydrogen) atoms. The van der Waals surface area contributed by atoms with Gasteiger partial charge in [-0.25, -0.2) is 0 Å². The van der Waals surface area contributed by atoms with Crippen LogP contribution in [0.25, 0.3) is 0 Å². The zero-order valence-electron chi connectivity index (χ0n) is 19.5. The lowest BCUT2D eigenvalue weighted by atomic mass is 9.78. The zero-order chi connectivity index (χ0) is 25.1. The molecule has 7 nitrogen and oxygen atoms in total. The number of benzene rings is 1. The minimum absolute atomic E-state index is 0.0627. The molecule has 184 valence electrons. The predicted molar refractivity (Wildman–Crippen MR) is 114 cm³/mol. The van der Waals surface area contributed by atoms with Crippen LogP contribution in [-0.2, 0) is 23.9 Å². The molecule has 1 aliphatic carbocycles. The second kappa shape index (κ2) is 8.07. The van der Waals surface area contributed by atoms with Crippen LogP contribution in [0.1, 0.15) is 50.3 Å². The molecule has 2 aliphatic heterocycles. The first-order chi connectivity index (χ1) is 15.8. The average molecular weight is 478 g/mol. The number of rotatable bonds is 2. The van der Waals surface area contributed by atoms with Gasteiger partial charge in [-0.15, -0.1) is 0 Å². The molecule has 1 saturated heterocycles. The first kappa shape index (κ1) is 24.2. The maximum atomic E-state index is 13.9. The van der Waals surface area contributed by atoms with Gasteiger partial charge in [0.25, 0.3) is 0 Å². The third-order valence-electron chi connectivity index (χ3n) is 7.54. The highest BCUT2D eigenvalue weighted by Crippen LogP contribution is 2.52. The second-order valence-corrected chi connectivity index (χ2v) is 10.7. The Morgan fingerprint density at radius 1 is 1.24 bits per heavy atom. The monoisotopic (exact) mass is 477 g/mol. The molecule has 10 heteroatoms. The van der Waals surface area contributed by atoms with Crippen LogP contribution in [0.4, 0.5) is 18.0 Å². The second-order valence-electron chi connectivity index (χ2n) is 10.7. The minimum Gasteiger partial charge on any atom is -0.530 e. The van der Waals surface area contributed by atoms with E-state index in [9.17, 15) is 33.1 Å². The predicted octanol–water partition coefficient (Wildman–Crippen LogP) is 2.60. The van der Waals surface area contributed by atoms with Gasteiger partial charge >= 0.3 is 6.18 Å². The van der Waals surface area contributed by atoms with Gasteiger partial charge in [0.2, 0.25) is 5.91 Å². The fraction of sp³-hybridized carbons (Fsp3) is 0.625. The van der Waals surface area contributed by atoms with Crippen molar-refractivity contribution in [3.05, 3.63) is 34.9 Å². The Hall–Kier alpha value is -2.96. The normalized spacial score (nSPS) is 26.6. The van der Waals surface area contributed by atoms with E-state index in [0.717, 1.165) is 17.7 Å². The van der Waals surface area contributed by atoms with Crippen molar-refractivity contribution < 1.29 is 27.9 Å². The molecule has 1 aromatic rings. The molecule has 0 radical (unpaired) electrons. The average Bonchev–Trinajstić information content (AvgIpc) is 3.25. The molecule has 1 aromatic carbocycles. The number of likely N-dealkylation sites (tertiary alicyclic amines) is 1. The maximum absolute atomic E-state index is 13.9. The number of carbonyl (C=O) groups excluding carboxylic acids is 2. The van der Waals surface area contributed by atoms with E-state index in [2.05, 4.69) is 6.19 Å². The molecule has 3 aliphatic rings. The van der Waals surface area contributed by atoms with E-state index in [0.29, 0.717) is 31.5 Å². The van der Waals surface area contributed by atoms with Crippen molar-refractivity contribution in [3.8, 4) is 6.19 Å². The summed E-state index contributed by atoms with van der Waals surface area (Å²) in [7, 11) is 0. The fourth-order valence-corrected chi connectivity index (χ4v) is 6.13. The molecule has 1 saturated carbocycles. The number of hydrogen-bond acceptors (Lipinski definition) is 5.